The molecule has 2 aromatic rings. The molecule has 1 aromatic carbocycles. The number of halogens is 3. The van der Waals surface area contributed by atoms with Crippen LogP contribution in [0.25, 0.3) is 0 Å². The average Bonchev–Trinajstić information content (AvgIpc) is 3.33. The molecule has 2 N–H and O–H groups in total. The van der Waals surface area contributed by atoms with Crippen LogP contribution in [0.2, 0.25) is 0 Å². The molecule has 178 valence electrons. The molecule has 1 amide bonds. The molecule has 3 aliphatic rings. The summed E-state index contributed by atoms with van der Waals surface area (Å²) in [5.74, 6) is -2.44. The van der Waals surface area contributed by atoms with Crippen molar-refractivity contribution in [2.24, 2.45) is 0 Å². The van der Waals surface area contributed by atoms with Gasteiger partial charge < -0.3 is 10.4 Å². The second-order valence-corrected chi connectivity index (χ2v) is 10.1. The molecular formula is C24H27F3N2O3S. The van der Waals surface area contributed by atoms with E-state index >= 15 is 0 Å². The molecule has 2 aliphatic carbocycles. The lowest BCUT2D eigenvalue weighted by molar-refractivity contribution is -0.192. The average molecular weight is 481 g/mol. The van der Waals surface area contributed by atoms with E-state index in [1.54, 1.807) is 0 Å². The maximum absolute atomic E-state index is 12.8. The number of nitrogens with one attached hydrogen (secondary N) is 1. The zero-order valence-corrected chi connectivity index (χ0v) is 18.9. The summed E-state index contributed by atoms with van der Waals surface area (Å²) in [5.41, 5.74) is 2.94. The van der Waals surface area contributed by atoms with Crippen LogP contribution in [0.5, 0.6) is 0 Å². The van der Waals surface area contributed by atoms with Crippen molar-refractivity contribution in [3.05, 3.63) is 57.8 Å². The molecule has 0 radical (unpaired) electrons. The Morgan fingerprint density at radius 2 is 1.79 bits per heavy atom. The standard InChI is InChI=1S/C22H26N2OS.C2HF3O2/c25-21(23-16-7-8-16)19-14-22(20-6-2-1-5-18(19)20)9-11-24(12-10-22)15-17-4-3-13-26-17;3-2(4,5)1(6)7/h1-6,13,16,19H,7-12,14-15H2,(H,23,25);(H,6,7). The molecule has 1 spiro atoms. The second-order valence-electron chi connectivity index (χ2n) is 9.07. The summed E-state index contributed by atoms with van der Waals surface area (Å²) in [6.07, 6.45) is 0.564. The minimum absolute atomic E-state index is 0.0515. The van der Waals surface area contributed by atoms with E-state index in [-0.39, 0.29) is 17.2 Å². The fraction of sp³-hybridized carbons (Fsp3) is 0.500. The Bertz CT molecular complexity index is 981. The zero-order valence-electron chi connectivity index (χ0n) is 18.1. The highest BCUT2D eigenvalue weighted by Crippen LogP contribution is 2.52. The summed E-state index contributed by atoms with van der Waals surface area (Å²) in [6.45, 7) is 3.33. The first-order valence-corrected chi connectivity index (χ1v) is 12.0. The Morgan fingerprint density at radius 1 is 1.12 bits per heavy atom. The van der Waals surface area contributed by atoms with Crippen LogP contribution >= 0.6 is 11.3 Å². The number of carbonyl (C=O) groups excluding carboxylic acids is 1. The lowest BCUT2D eigenvalue weighted by Gasteiger charge is -2.40. The molecule has 5 nitrogen and oxygen atoms in total. The van der Waals surface area contributed by atoms with E-state index in [2.05, 4.69) is 52.0 Å². The van der Waals surface area contributed by atoms with Gasteiger partial charge >= 0.3 is 12.1 Å². The number of aliphatic carboxylic acids is 1. The summed E-state index contributed by atoms with van der Waals surface area (Å²) in [5, 5.41) is 12.5. The molecule has 1 aromatic heterocycles. The quantitative estimate of drug-likeness (QED) is 0.667. The third-order valence-electron chi connectivity index (χ3n) is 6.76. The Hall–Kier alpha value is -2.39. The maximum atomic E-state index is 12.8. The number of carboxylic acid groups (broad SMARTS) is 1. The zero-order chi connectivity index (χ0) is 23.6. The van der Waals surface area contributed by atoms with Gasteiger partial charge in [0.2, 0.25) is 5.91 Å². The first-order chi connectivity index (χ1) is 15.7. The van der Waals surface area contributed by atoms with Gasteiger partial charge in [-0.05, 0) is 73.2 Å². The number of piperidine rings is 1. The van der Waals surface area contributed by atoms with Crippen LogP contribution in [0, 0.1) is 0 Å². The van der Waals surface area contributed by atoms with Crippen molar-refractivity contribution in [2.45, 2.75) is 62.2 Å². The molecule has 1 saturated heterocycles. The lowest BCUT2D eigenvalue weighted by Crippen LogP contribution is -2.41. The Morgan fingerprint density at radius 3 is 2.36 bits per heavy atom. The molecule has 1 atom stereocenters. The van der Waals surface area contributed by atoms with Gasteiger partial charge in [-0.1, -0.05) is 30.3 Å². The number of amides is 1. The fourth-order valence-corrected chi connectivity index (χ4v) is 5.64. The van der Waals surface area contributed by atoms with Crippen molar-refractivity contribution >= 4 is 23.2 Å². The molecule has 5 rings (SSSR count). The molecule has 1 aliphatic heterocycles. The van der Waals surface area contributed by atoms with Crippen LogP contribution in [0.1, 0.15) is 54.0 Å². The highest BCUT2D eigenvalue weighted by atomic mass is 32.1. The predicted octanol–water partition coefficient (Wildman–Crippen LogP) is 4.68. The van der Waals surface area contributed by atoms with Gasteiger partial charge in [0.15, 0.2) is 0 Å². The largest absolute Gasteiger partial charge is 0.490 e. The summed E-state index contributed by atoms with van der Waals surface area (Å²) in [7, 11) is 0. The molecule has 2 heterocycles. The number of benzene rings is 1. The van der Waals surface area contributed by atoms with Crippen LogP contribution < -0.4 is 5.32 Å². The van der Waals surface area contributed by atoms with E-state index in [9.17, 15) is 18.0 Å². The van der Waals surface area contributed by atoms with Crippen LogP contribution in [-0.4, -0.2) is 47.2 Å². The maximum Gasteiger partial charge on any atom is 0.490 e. The number of carbonyl (C=O) groups is 2. The number of carboxylic acids is 1. The van der Waals surface area contributed by atoms with Gasteiger partial charge in [0, 0.05) is 17.5 Å². The highest BCUT2D eigenvalue weighted by molar-refractivity contribution is 7.09. The number of hydrogen-bond donors (Lipinski definition) is 2. The van der Waals surface area contributed by atoms with E-state index in [4.69, 9.17) is 9.90 Å². The Kier molecular flexibility index (Phi) is 6.81. The normalized spacial score (nSPS) is 21.7. The van der Waals surface area contributed by atoms with Crippen LogP contribution in [0.4, 0.5) is 13.2 Å². The lowest BCUT2D eigenvalue weighted by atomic mass is 9.73. The van der Waals surface area contributed by atoms with Gasteiger partial charge in [-0.3, -0.25) is 9.69 Å². The van der Waals surface area contributed by atoms with Crippen molar-refractivity contribution < 1.29 is 27.9 Å². The molecule has 9 heteroatoms. The molecular weight excluding hydrogens is 453 g/mol. The minimum atomic E-state index is -5.08. The van der Waals surface area contributed by atoms with Crippen LogP contribution in [0.15, 0.2) is 41.8 Å². The van der Waals surface area contributed by atoms with Crippen molar-refractivity contribution in [1.82, 2.24) is 10.2 Å². The molecule has 0 bridgehead atoms. The first-order valence-electron chi connectivity index (χ1n) is 11.1. The van der Waals surface area contributed by atoms with E-state index in [0.717, 1.165) is 38.9 Å². The van der Waals surface area contributed by atoms with Crippen LogP contribution in [0.3, 0.4) is 0 Å². The highest BCUT2D eigenvalue weighted by Gasteiger charge is 2.47. The molecule has 33 heavy (non-hydrogen) atoms. The number of likely N-dealkylation sites (tertiary alicyclic amines) is 1. The fourth-order valence-electron chi connectivity index (χ4n) is 4.89. The van der Waals surface area contributed by atoms with Gasteiger partial charge in [0.1, 0.15) is 0 Å². The third-order valence-corrected chi connectivity index (χ3v) is 7.62. The number of alkyl halides is 3. The number of rotatable bonds is 4. The van der Waals surface area contributed by atoms with Gasteiger partial charge in [-0.15, -0.1) is 11.3 Å². The van der Waals surface area contributed by atoms with Gasteiger partial charge in [-0.25, -0.2) is 4.79 Å². The van der Waals surface area contributed by atoms with E-state index < -0.39 is 12.1 Å². The topological polar surface area (TPSA) is 69.6 Å². The van der Waals surface area contributed by atoms with Crippen molar-refractivity contribution in [2.75, 3.05) is 13.1 Å². The summed E-state index contributed by atoms with van der Waals surface area (Å²) in [6, 6.07) is 13.5. The van der Waals surface area contributed by atoms with Crippen molar-refractivity contribution in [1.29, 1.82) is 0 Å². The summed E-state index contributed by atoms with van der Waals surface area (Å²) in [4.78, 5) is 25.8. The van der Waals surface area contributed by atoms with E-state index in [1.165, 1.54) is 28.8 Å². The molecule has 1 unspecified atom stereocenters. The number of hydrogen-bond acceptors (Lipinski definition) is 4. The molecule has 2 fully saturated rings. The summed E-state index contributed by atoms with van der Waals surface area (Å²) >= 11 is 1.85. The van der Waals surface area contributed by atoms with Gasteiger partial charge in [0.05, 0.1) is 5.92 Å². The minimum Gasteiger partial charge on any atom is -0.475 e. The Labute approximate surface area is 194 Å². The number of fused-ring (bicyclic) bond motifs is 2. The first kappa shape index (κ1) is 23.8. The van der Waals surface area contributed by atoms with E-state index in [1.807, 2.05) is 11.3 Å². The third kappa shape index (κ3) is 5.58. The van der Waals surface area contributed by atoms with Crippen molar-refractivity contribution in [3.63, 3.8) is 0 Å². The second kappa shape index (κ2) is 9.46. The smallest absolute Gasteiger partial charge is 0.475 e. The monoisotopic (exact) mass is 480 g/mol. The number of nitrogens with zero attached hydrogens (tertiary/aromatic N) is 1. The molecule has 1 saturated carbocycles. The van der Waals surface area contributed by atoms with Crippen molar-refractivity contribution in [3.8, 4) is 0 Å². The Balaban J connectivity index is 0.000000325. The SMILES string of the molecule is O=C(NC1CC1)C1CC2(CCN(Cc3cccs3)CC2)c2ccccc21.O=C(O)C(F)(F)F. The van der Waals surface area contributed by atoms with Gasteiger partial charge in [0.25, 0.3) is 0 Å². The van der Waals surface area contributed by atoms with Crippen LogP contribution in [-0.2, 0) is 21.5 Å². The predicted molar refractivity (Wildman–Crippen MR) is 119 cm³/mol. The van der Waals surface area contributed by atoms with E-state index in [0.29, 0.717) is 6.04 Å². The van der Waals surface area contributed by atoms with Gasteiger partial charge in [-0.2, -0.15) is 13.2 Å². The number of thiophene rings is 1. The summed E-state index contributed by atoms with van der Waals surface area (Å²) < 4.78 is 31.7.